The van der Waals surface area contributed by atoms with Crippen molar-refractivity contribution < 1.29 is 4.79 Å². The van der Waals surface area contributed by atoms with E-state index in [1.807, 2.05) is 25.1 Å². The van der Waals surface area contributed by atoms with E-state index in [-0.39, 0.29) is 11.7 Å². The van der Waals surface area contributed by atoms with Gasteiger partial charge in [-0.05, 0) is 25.1 Å². The molecule has 1 amide bonds. The summed E-state index contributed by atoms with van der Waals surface area (Å²) in [6.07, 6.45) is 0. The number of carbonyl (C=O) groups is 1. The number of hydrogen-bond acceptors (Lipinski definition) is 3. The smallest absolute Gasteiger partial charge is 0.234 e. The number of imidazole rings is 1. The molecule has 2 N–H and O–H groups in total. The number of fused-ring (bicyclic) bond motifs is 1. The molecule has 1 heterocycles. The minimum absolute atomic E-state index is 0.117. The summed E-state index contributed by atoms with van der Waals surface area (Å²) in [6.45, 7) is 1.89. The molecule has 0 unspecified atom stereocenters. The van der Waals surface area contributed by atoms with Gasteiger partial charge in [0.15, 0.2) is 0 Å². The highest BCUT2D eigenvalue weighted by atomic mass is 32.1. The average Bonchev–Trinajstić information content (AvgIpc) is 2.57. The zero-order chi connectivity index (χ0) is 10.8. The van der Waals surface area contributed by atoms with E-state index in [2.05, 4.69) is 27.9 Å². The Bertz CT molecular complexity index is 506. The minimum atomic E-state index is -0.117. The lowest BCUT2D eigenvalue weighted by Crippen LogP contribution is -2.12. The first kappa shape index (κ1) is 10.0. The number of thiol groups is 1. The number of H-pyrrole nitrogens is 1. The van der Waals surface area contributed by atoms with Crippen LogP contribution < -0.4 is 5.32 Å². The Morgan fingerprint density at radius 3 is 3.13 bits per heavy atom. The quantitative estimate of drug-likeness (QED) is 0.676. The number of anilines is 1. The normalized spacial score (nSPS) is 10.5. The number of nitrogens with one attached hydrogen (secondary N) is 2. The maximum absolute atomic E-state index is 11.1. The van der Waals surface area contributed by atoms with Crippen LogP contribution in [0.4, 0.5) is 5.69 Å². The predicted octanol–water partition coefficient (Wildman–Crippen LogP) is 1.74. The summed E-state index contributed by atoms with van der Waals surface area (Å²) in [7, 11) is 0. The molecule has 2 rings (SSSR count). The van der Waals surface area contributed by atoms with Gasteiger partial charge in [0.2, 0.25) is 5.91 Å². The molecule has 0 saturated heterocycles. The van der Waals surface area contributed by atoms with Crippen molar-refractivity contribution in [2.24, 2.45) is 0 Å². The number of aryl methyl sites for hydroxylation is 1. The van der Waals surface area contributed by atoms with Gasteiger partial charge in [-0.15, -0.1) is 0 Å². The van der Waals surface area contributed by atoms with Crippen LogP contribution in [0.5, 0.6) is 0 Å². The molecule has 78 valence electrons. The van der Waals surface area contributed by atoms with Crippen molar-refractivity contribution in [1.82, 2.24) is 9.97 Å². The molecule has 0 spiro atoms. The first-order chi connectivity index (χ1) is 7.19. The molecule has 1 aromatic carbocycles. The topological polar surface area (TPSA) is 57.8 Å². The van der Waals surface area contributed by atoms with E-state index in [9.17, 15) is 4.79 Å². The number of benzene rings is 1. The summed E-state index contributed by atoms with van der Waals surface area (Å²) in [5, 5.41) is 2.73. The SMILES string of the molecule is Cc1nc2ccc(NC(=O)CS)cc2[nH]1. The van der Waals surface area contributed by atoms with Gasteiger partial charge in [-0.2, -0.15) is 12.6 Å². The molecular formula is C10H11N3OS. The van der Waals surface area contributed by atoms with Crippen LogP contribution in [0.25, 0.3) is 11.0 Å². The Balaban J connectivity index is 2.33. The lowest BCUT2D eigenvalue weighted by atomic mass is 10.3. The first-order valence-corrected chi connectivity index (χ1v) is 5.19. The van der Waals surface area contributed by atoms with Crippen molar-refractivity contribution in [2.75, 3.05) is 11.1 Å². The third kappa shape index (κ3) is 2.12. The maximum atomic E-state index is 11.1. The summed E-state index contributed by atoms with van der Waals surface area (Å²) in [4.78, 5) is 18.5. The molecule has 2 aromatic rings. The van der Waals surface area contributed by atoms with Gasteiger partial charge < -0.3 is 10.3 Å². The largest absolute Gasteiger partial charge is 0.342 e. The second-order valence-corrected chi connectivity index (χ2v) is 3.58. The van der Waals surface area contributed by atoms with Crippen LogP contribution in [-0.2, 0) is 4.79 Å². The summed E-state index contributed by atoms with van der Waals surface area (Å²) in [5.41, 5.74) is 2.58. The molecule has 0 bridgehead atoms. The van der Waals surface area contributed by atoms with E-state index >= 15 is 0 Å². The second kappa shape index (κ2) is 3.94. The van der Waals surface area contributed by atoms with Crippen molar-refractivity contribution in [3.8, 4) is 0 Å². The van der Waals surface area contributed by atoms with E-state index in [1.165, 1.54) is 0 Å². The lowest BCUT2D eigenvalue weighted by Gasteiger charge is -2.01. The number of aromatic amines is 1. The Morgan fingerprint density at radius 1 is 1.60 bits per heavy atom. The average molecular weight is 221 g/mol. The molecule has 4 nitrogen and oxygen atoms in total. The molecule has 5 heteroatoms. The zero-order valence-electron chi connectivity index (χ0n) is 8.24. The van der Waals surface area contributed by atoms with Gasteiger partial charge >= 0.3 is 0 Å². The van der Waals surface area contributed by atoms with Gasteiger partial charge in [0, 0.05) is 5.69 Å². The van der Waals surface area contributed by atoms with Gasteiger partial charge in [-0.3, -0.25) is 4.79 Å². The number of aromatic nitrogens is 2. The Morgan fingerprint density at radius 2 is 2.40 bits per heavy atom. The molecule has 0 radical (unpaired) electrons. The lowest BCUT2D eigenvalue weighted by molar-refractivity contribution is -0.113. The Hall–Kier alpha value is -1.49. The molecule has 15 heavy (non-hydrogen) atoms. The van der Waals surface area contributed by atoms with Crippen LogP contribution in [-0.4, -0.2) is 21.6 Å². The standard InChI is InChI=1S/C10H11N3OS/c1-6-11-8-3-2-7(4-9(8)12-6)13-10(14)5-15/h2-4,15H,5H2,1H3,(H,11,12)(H,13,14). The molecule has 0 atom stereocenters. The summed E-state index contributed by atoms with van der Waals surface area (Å²) < 4.78 is 0. The summed E-state index contributed by atoms with van der Waals surface area (Å²) >= 11 is 3.89. The van der Waals surface area contributed by atoms with E-state index < -0.39 is 0 Å². The van der Waals surface area contributed by atoms with E-state index in [1.54, 1.807) is 0 Å². The Kier molecular flexibility index (Phi) is 2.64. The highest BCUT2D eigenvalue weighted by Gasteiger charge is 2.02. The van der Waals surface area contributed by atoms with Crippen LogP contribution in [0.3, 0.4) is 0 Å². The van der Waals surface area contributed by atoms with E-state index in [0.29, 0.717) is 0 Å². The van der Waals surface area contributed by atoms with Crippen molar-refractivity contribution in [3.63, 3.8) is 0 Å². The summed E-state index contributed by atoms with van der Waals surface area (Å²) in [6, 6.07) is 5.55. The molecule has 0 aliphatic rings. The third-order valence-electron chi connectivity index (χ3n) is 2.03. The Labute approximate surface area is 92.5 Å². The fourth-order valence-corrected chi connectivity index (χ4v) is 1.49. The molecule has 0 fully saturated rings. The van der Waals surface area contributed by atoms with Crippen LogP contribution in [0, 0.1) is 6.92 Å². The van der Waals surface area contributed by atoms with Gasteiger partial charge in [-0.1, -0.05) is 0 Å². The fraction of sp³-hybridized carbons (Fsp3) is 0.200. The first-order valence-electron chi connectivity index (χ1n) is 4.56. The minimum Gasteiger partial charge on any atom is -0.342 e. The van der Waals surface area contributed by atoms with Gasteiger partial charge in [-0.25, -0.2) is 4.98 Å². The van der Waals surface area contributed by atoms with Crippen LogP contribution in [0.1, 0.15) is 5.82 Å². The van der Waals surface area contributed by atoms with Gasteiger partial charge in [0.1, 0.15) is 5.82 Å². The summed E-state index contributed by atoms with van der Waals surface area (Å²) in [5.74, 6) is 0.927. The van der Waals surface area contributed by atoms with Gasteiger partial charge in [0.25, 0.3) is 0 Å². The van der Waals surface area contributed by atoms with E-state index in [4.69, 9.17) is 0 Å². The second-order valence-electron chi connectivity index (χ2n) is 3.26. The predicted molar refractivity (Wildman–Crippen MR) is 63.3 cm³/mol. The molecular weight excluding hydrogens is 210 g/mol. The van der Waals surface area contributed by atoms with Crippen molar-refractivity contribution in [3.05, 3.63) is 24.0 Å². The number of hydrogen-bond donors (Lipinski definition) is 3. The molecule has 1 aromatic heterocycles. The van der Waals surface area contributed by atoms with Gasteiger partial charge in [0.05, 0.1) is 16.8 Å². The third-order valence-corrected chi connectivity index (χ3v) is 2.31. The fourth-order valence-electron chi connectivity index (χ4n) is 1.42. The highest BCUT2D eigenvalue weighted by Crippen LogP contribution is 2.16. The monoisotopic (exact) mass is 221 g/mol. The molecule has 0 saturated carbocycles. The van der Waals surface area contributed by atoms with Crippen LogP contribution >= 0.6 is 12.6 Å². The number of carbonyl (C=O) groups excluding carboxylic acids is 1. The molecule has 0 aliphatic carbocycles. The van der Waals surface area contributed by atoms with Crippen molar-refractivity contribution in [1.29, 1.82) is 0 Å². The zero-order valence-corrected chi connectivity index (χ0v) is 9.14. The van der Waals surface area contributed by atoms with Crippen molar-refractivity contribution >= 4 is 35.3 Å². The maximum Gasteiger partial charge on any atom is 0.234 e. The van der Waals surface area contributed by atoms with Crippen LogP contribution in [0.2, 0.25) is 0 Å². The molecule has 0 aliphatic heterocycles. The van der Waals surface area contributed by atoms with Crippen LogP contribution in [0.15, 0.2) is 18.2 Å². The number of nitrogens with zero attached hydrogens (tertiary/aromatic N) is 1. The van der Waals surface area contributed by atoms with E-state index in [0.717, 1.165) is 22.5 Å². The number of amides is 1. The number of rotatable bonds is 2. The highest BCUT2D eigenvalue weighted by molar-refractivity contribution is 7.81. The van der Waals surface area contributed by atoms with Crippen molar-refractivity contribution in [2.45, 2.75) is 6.92 Å².